The molecule has 507 valence electrons. The number of rotatable bonds is 26. The molecule has 0 spiro atoms. The Morgan fingerprint density at radius 2 is 1.40 bits per heavy atom. The number of carbonyl (C=O) groups excluding carboxylic acids is 7. The fourth-order valence-electron chi connectivity index (χ4n) is 15.4. The minimum atomic E-state index is -5.32. The van der Waals surface area contributed by atoms with Crippen LogP contribution in [0.5, 0.6) is 0 Å². The summed E-state index contributed by atoms with van der Waals surface area (Å²) >= 11 is 0. The number of aliphatic hydroxyl groups excluding tert-OH is 2. The first-order chi connectivity index (χ1) is 41.8. The molecule has 1 aromatic heterocycles. The predicted octanol–water partition coefficient (Wildman–Crippen LogP) is 2.98. The fourth-order valence-corrected chi connectivity index (χ4v) is 16.6. The molecular weight excluding hydrogens is 1250 g/mol. The first kappa shape index (κ1) is 74.5. The van der Waals surface area contributed by atoms with Gasteiger partial charge in [0.2, 0.25) is 41.4 Å². The van der Waals surface area contributed by atoms with Gasteiger partial charge in [-0.25, -0.2) is 4.98 Å². The van der Waals surface area contributed by atoms with E-state index in [1.165, 1.54) is 17.8 Å². The molecule has 0 saturated carbocycles. The van der Waals surface area contributed by atoms with Crippen LogP contribution < -0.4 is 49.9 Å². The zero-order valence-corrected chi connectivity index (χ0v) is 56.5. The average Bonchev–Trinajstić information content (AvgIpc) is 1.53. The van der Waals surface area contributed by atoms with Crippen molar-refractivity contribution in [2.45, 2.75) is 189 Å². The third-order valence-electron chi connectivity index (χ3n) is 20.6. The Hall–Kier alpha value is -6.49. The average molecular weight is 1350 g/mol. The molecule has 0 aliphatic carbocycles. The Balaban J connectivity index is 0.00000672. The van der Waals surface area contributed by atoms with E-state index in [9.17, 15) is 53.2 Å². The number of amides is 7. The number of nitrogens with zero attached hydrogens (tertiary/aromatic N) is 5. The smallest absolute Gasteiger partial charge is 0.756 e. The van der Waals surface area contributed by atoms with Gasteiger partial charge in [0.15, 0.2) is 6.23 Å². The minimum Gasteiger partial charge on any atom is -0.756 e. The first-order valence-electron chi connectivity index (χ1n) is 30.5. The number of imidazole rings is 1. The molecule has 7 heterocycles. The van der Waals surface area contributed by atoms with Crippen molar-refractivity contribution in [3.05, 3.63) is 71.3 Å². The Morgan fingerprint density at radius 3 is 1.98 bits per heavy atom. The van der Waals surface area contributed by atoms with Crippen LogP contribution in [-0.4, -0.2) is 127 Å². The van der Waals surface area contributed by atoms with Crippen molar-refractivity contribution < 1.29 is 83.8 Å². The van der Waals surface area contributed by atoms with Crippen LogP contribution >= 0.6 is 7.82 Å². The summed E-state index contributed by atoms with van der Waals surface area (Å²) in [4.78, 5) is 128. The number of aliphatic imine (C=N–C) groups is 3. The summed E-state index contributed by atoms with van der Waals surface area (Å²) in [5.74, 6) is -7.24. The van der Waals surface area contributed by atoms with Gasteiger partial charge in [-0.1, -0.05) is 34.6 Å². The van der Waals surface area contributed by atoms with Gasteiger partial charge in [-0.3, -0.25) is 53.1 Å². The number of allylic oxidation sites excluding steroid dienone is 6. The van der Waals surface area contributed by atoms with Crippen LogP contribution in [0.3, 0.4) is 0 Å². The molecule has 6 aliphatic rings. The van der Waals surface area contributed by atoms with Gasteiger partial charge in [-0.15, -0.1) is 0 Å². The Bertz CT molecular complexity index is 3540. The van der Waals surface area contributed by atoms with Crippen molar-refractivity contribution in [3.8, 4) is 0 Å². The summed E-state index contributed by atoms with van der Waals surface area (Å²) in [7, 11) is -5.32. The van der Waals surface area contributed by atoms with Gasteiger partial charge < -0.3 is 85.9 Å². The van der Waals surface area contributed by atoms with E-state index in [1.807, 2.05) is 87.4 Å². The number of aryl methyl sites for hydroxylation is 2. The van der Waals surface area contributed by atoms with Crippen molar-refractivity contribution in [1.29, 1.82) is 0 Å². The van der Waals surface area contributed by atoms with Crippen LogP contribution in [0.2, 0.25) is 0 Å². The number of carbonyl (C=O) groups is 7. The van der Waals surface area contributed by atoms with Crippen molar-refractivity contribution in [2.24, 2.45) is 94.7 Å². The number of primary amides is 6. The second-order valence-corrected chi connectivity index (χ2v) is 28.4. The van der Waals surface area contributed by atoms with E-state index in [1.54, 1.807) is 0 Å². The summed E-state index contributed by atoms with van der Waals surface area (Å²) in [6.45, 7) is 19.1. The zero-order chi connectivity index (χ0) is 66.7. The Kier molecular flexibility index (Phi) is 22.6. The van der Waals surface area contributed by atoms with Crippen LogP contribution in [-0.2, 0) is 68.7 Å². The van der Waals surface area contributed by atoms with Gasteiger partial charge in [0.05, 0.1) is 41.7 Å². The van der Waals surface area contributed by atoms with E-state index in [0.29, 0.717) is 56.4 Å². The van der Waals surface area contributed by atoms with E-state index >= 15 is 0 Å². The number of phosphoric ester groups is 1. The van der Waals surface area contributed by atoms with E-state index in [-0.39, 0.29) is 101 Å². The number of aromatic nitrogens is 2. The molecule has 16 N–H and O–H groups in total. The van der Waals surface area contributed by atoms with E-state index in [4.69, 9.17) is 63.2 Å². The molecular formula is C63H92CoN13O14P. The van der Waals surface area contributed by atoms with Crippen LogP contribution in [0.15, 0.2) is 67.8 Å². The molecule has 92 heavy (non-hydrogen) atoms. The number of benzene rings is 1. The topological polar surface area (TPSA) is 463 Å². The largest absolute Gasteiger partial charge is 2.00 e. The summed E-state index contributed by atoms with van der Waals surface area (Å²) in [5, 5.41) is 28.1. The molecule has 3 unspecified atom stereocenters. The molecule has 2 fully saturated rings. The van der Waals surface area contributed by atoms with Crippen LogP contribution in [0.1, 0.15) is 150 Å². The molecule has 2 aromatic rings. The maximum Gasteiger partial charge on any atom is 2.00 e. The van der Waals surface area contributed by atoms with Crippen LogP contribution in [0.25, 0.3) is 11.0 Å². The number of aliphatic hydroxyl groups is 2. The molecule has 27 nitrogen and oxygen atoms in total. The van der Waals surface area contributed by atoms with Gasteiger partial charge in [0.1, 0.15) is 18.3 Å². The standard InChI is InChI=1S/C62H90N13O14P.CH3.Co/c1-29-20-39-40(21-30(29)2)75(28-70-39)57-52(84)53(41(27-76)87-57)89-90(85,86)88-31(3)26-69-49(83)18-19-59(8)37(22-46(66)80)56-62(11)61(10,25-48(68)82)36(14-17-45(65)79)51(74-62)33(5)55-60(9,24-47(67)81)34(12-15-43(63)77)38(71-55)23-42-58(6,7)35(13-16-44(64)78)50(72-42)32(4)54(59)73-56;;/h20-21,23,28,31,34-37,41,52-53,56-57,71,76,84H,12-19,22,24-27H2,1-11H3,(H2,63,77)(H2,64,78)(H2,65,79)(H2,66,80)(H2,67,81)(H2,68,82)(H,69,83)(H,85,86);1H3;/q;-1;+2/p-1/b38-23-,50-32-,55-33-;;/t31-,34-,35-,36-,37+,41-,52?,53?,56-,57+,59-,60+,61+,62+;;/m0../s1. The Labute approximate surface area is 547 Å². The maximum absolute atomic E-state index is 14.4. The fraction of sp³-hybridized carbons (Fsp3) is 0.619. The van der Waals surface area contributed by atoms with Gasteiger partial charge >= 0.3 is 16.8 Å². The molecule has 29 heteroatoms. The van der Waals surface area contributed by atoms with Gasteiger partial charge in [0.25, 0.3) is 7.82 Å². The van der Waals surface area contributed by atoms with Gasteiger partial charge in [-0.05, 0) is 108 Å². The second kappa shape index (κ2) is 27.8. The number of nitrogens with two attached hydrogens (primary N) is 6. The number of hydrogen-bond donors (Lipinski definition) is 10. The van der Waals surface area contributed by atoms with Crippen molar-refractivity contribution in [1.82, 2.24) is 20.2 Å². The maximum atomic E-state index is 14.4. The van der Waals surface area contributed by atoms with E-state index in [0.717, 1.165) is 11.1 Å². The number of ether oxygens (including phenoxy) is 1. The third-order valence-corrected chi connectivity index (χ3v) is 21.7. The molecule has 7 amide bonds. The normalized spacial score (nSPS) is 33.5. The van der Waals surface area contributed by atoms with E-state index < -0.39 is 143 Å². The summed E-state index contributed by atoms with van der Waals surface area (Å²) < 4.78 is 31.9. The van der Waals surface area contributed by atoms with Gasteiger partial charge in [0, 0.05) is 131 Å². The summed E-state index contributed by atoms with van der Waals surface area (Å²) in [5.41, 5.74) is 37.2. The minimum absolute atomic E-state index is 0. The van der Waals surface area contributed by atoms with Crippen LogP contribution in [0.4, 0.5) is 0 Å². The monoisotopic (exact) mass is 1340 g/mol. The second-order valence-electron chi connectivity index (χ2n) is 27.1. The summed E-state index contributed by atoms with van der Waals surface area (Å²) in [6.07, 6.45) is -4.57. The zero-order valence-electron chi connectivity index (χ0n) is 54.5. The van der Waals surface area contributed by atoms with Gasteiger partial charge in [-0.2, -0.15) is 0 Å². The SMILES string of the molecule is C/C1=C2N=C(/C=C3\N/C(=C(/C)C4=N[C@](C)([C@H]5N=C1[C@@](C)(CCC(=O)NC[C@H](C)OP(=O)([O-])OC1C(O)[C@H](n6cnc7cc(C)c(C)cc76)O[C@H]1CO)[C@@H]5CC(N)=O)[C@](C)(CC(N)=O)[C@H]4CCC(N)=O)[C@](C)(CC(N)=O)[C@H]3CCC(N)=O)C(C)(C)[C@H]/2CCC(N)=O.[CH3-].[Co+2]. The molecule has 15 atom stereocenters. The summed E-state index contributed by atoms with van der Waals surface area (Å²) in [6, 6.07) is 2.67. The van der Waals surface area contributed by atoms with Crippen LogP contribution in [0, 0.1) is 66.6 Å². The number of phosphoric acid groups is 1. The molecule has 6 aliphatic heterocycles. The quantitative estimate of drug-likeness (QED) is 0.0478. The molecule has 1 radical (unpaired) electrons. The predicted molar refractivity (Wildman–Crippen MR) is 338 cm³/mol. The van der Waals surface area contributed by atoms with Crippen molar-refractivity contribution in [2.75, 3.05) is 13.2 Å². The third kappa shape index (κ3) is 14.1. The number of hydrogen-bond acceptors (Lipinski definition) is 19. The molecule has 8 rings (SSSR count). The van der Waals surface area contributed by atoms with Crippen molar-refractivity contribution in [3.63, 3.8) is 0 Å². The first-order valence-corrected chi connectivity index (χ1v) is 32.0. The Morgan fingerprint density at radius 1 is 0.815 bits per heavy atom. The number of nitrogens with one attached hydrogen (secondary N) is 2. The molecule has 8 bridgehead atoms. The molecule has 1 aromatic carbocycles. The molecule has 2 saturated heterocycles. The van der Waals surface area contributed by atoms with Crippen molar-refractivity contribution >= 4 is 77.3 Å². The van der Waals surface area contributed by atoms with E-state index in [2.05, 4.69) is 15.6 Å². The number of fused-ring (bicyclic) bond motifs is 7.